The predicted octanol–water partition coefficient (Wildman–Crippen LogP) is 4.46. The van der Waals surface area contributed by atoms with E-state index in [4.69, 9.17) is 0 Å². The zero-order valence-corrected chi connectivity index (χ0v) is 13.4. The topological polar surface area (TPSA) is 12.0 Å². The van der Waals surface area contributed by atoms with Gasteiger partial charge in [-0.15, -0.1) is 0 Å². The monoisotopic (exact) mass is 287 g/mol. The normalized spacial score (nSPS) is 12.5. The molecule has 2 aromatic rings. The minimum absolute atomic E-state index is 0.679. The summed E-state index contributed by atoms with van der Waals surface area (Å²) in [5.41, 5.74) is 4.27. The Morgan fingerprint density at radius 1 is 1.05 bits per heavy atom. The third-order valence-electron chi connectivity index (χ3n) is 3.61. The molecule has 1 aromatic heterocycles. The highest BCUT2D eigenvalue weighted by atomic mass is 32.1. The Morgan fingerprint density at radius 3 is 2.45 bits per heavy atom. The van der Waals surface area contributed by atoms with E-state index in [1.807, 2.05) is 0 Å². The fourth-order valence-electron chi connectivity index (χ4n) is 2.50. The Bertz CT molecular complexity index is 473. The first kappa shape index (κ1) is 15.3. The van der Waals surface area contributed by atoms with Crippen molar-refractivity contribution in [1.82, 2.24) is 5.32 Å². The van der Waals surface area contributed by atoms with Gasteiger partial charge in [0.25, 0.3) is 0 Å². The summed E-state index contributed by atoms with van der Waals surface area (Å²) in [6, 6.07) is 11.2. The number of hydrogen-bond acceptors (Lipinski definition) is 2. The summed E-state index contributed by atoms with van der Waals surface area (Å²) in [6.07, 6.45) is 3.54. The van der Waals surface area contributed by atoms with Gasteiger partial charge in [0.15, 0.2) is 0 Å². The largest absolute Gasteiger partial charge is 0.316 e. The van der Waals surface area contributed by atoms with E-state index >= 15 is 0 Å². The molecule has 0 fully saturated rings. The van der Waals surface area contributed by atoms with Crippen LogP contribution >= 0.6 is 11.3 Å². The Labute approximate surface area is 127 Å². The average Bonchev–Trinajstić information content (AvgIpc) is 2.94. The van der Waals surface area contributed by atoms with Crippen molar-refractivity contribution in [3.8, 4) is 0 Å². The van der Waals surface area contributed by atoms with Gasteiger partial charge in [-0.1, -0.05) is 36.8 Å². The highest BCUT2D eigenvalue weighted by molar-refractivity contribution is 7.07. The Kier molecular flexibility index (Phi) is 6.28. The second-order valence-electron chi connectivity index (χ2n) is 5.60. The molecule has 108 valence electrons. The van der Waals surface area contributed by atoms with Gasteiger partial charge in [-0.05, 0) is 73.1 Å². The van der Waals surface area contributed by atoms with Gasteiger partial charge in [0, 0.05) is 0 Å². The van der Waals surface area contributed by atoms with Crippen LogP contribution in [0.4, 0.5) is 0 Å². The van der Waals surface area contributed by atoms with Crippen molar-refractivity contribution in [2.45, 2.75) is 33.1 Å². The first-order valence-electron chi connectivity index (χ1n) is 7.55. The average molecular weight is 287 g/mol. The zero-order valence-electron chi connectivity index (χ0n) is 12.6. The molecule has 0 radical (unpaired) electrons. The van der Waals surface area contributed by atoms with E-state index in [-0.39, 0.29) is 0 Å². The van der Waals surface area contributed by atoms with Gasteiger partial charge in [-0.25, -0.2) is 0 Å². The quantitative estimate of drug-likeness (QED) is 0.707. The summed E-state index contributed by atoms with van der Waals surface area (Å²) in [7, 11) is 0. The summed E-state index contributed by atoms with van der Waals surface area (Å²) in [4.78, 5) is 0. The van der Waals surface area contributed by atoms with Gasteiger partial charge in [-0.2, -0.15) is 11.3 Å². The zero-order chi connectivity index (χ0) is 14.2. The van der Waals surface area contributed by atoms with Crippen LogP contribution in [-0.4, -0.2) is 13.1 Å². The van der Waals surface area contributed by atoms with Gasteiger partial charge in [-0.3, -0.25) is 0 Å². The first-order chi connectivity index (χ1) is 9.78. The minimum Gasteiger partial charge on any atom is -0.316 e. The van der Waals surface area contributed by atoms with Crippen molar-refractivity contribution in [1.29, 1.82) is 0 Å². The molecule has 0 amide bonds. The third kappa shape index (κ3) is 5.10. The molecular weight excluding hydrogens is 262 g/mol. The Morgan fingerprint density at radius 2 is 1.80 bits per heavy atom. The van der Waals surface area contributed by atoms with Gasteiger partial charge in [0.1, 0.15) is 0 Å². The van der Waals surface area contributed by atoms with Crippen LogP contribution in [0.2, 0.25) is 0 Å². The summed E-state index contributed by atoms with van der Waals surface area (Å²) in [5, 5.41) is 8.04. The van der Waals surface area contributed by atoms with Crippen molar-refractivity contribution in [3.05, 3.63) is 57.8 Å². The van der Waals surface area contributed by atoms with Crippen LogP contribution in [0.5, 0.6) is 0 Å². The third-order valence-corrected chi connectivity index (χ3v) is 4.34. The lowest BCUT2D eigenvalue weighted by molar-refractivity contribution is 0.471. The second kappa shape index (κ2) is 8.23. The predicted molar refractivity (Wildman–Crippen MR) is 89.6 cm³/mol. The number of rotatable bonds is 8. The van der Waals surface area contributed by atoms with Gasteiger partial charge in [0.05, 0.1) is 0 Å². The number of thiophene rings is 1. The fraction of sp³-hybridized carbons (Fsp3) is 0.444. The van der Waals surface area contributed by atoms with Crippen LogP contribution < -0.4 is 5.32 Å². The van der Waals surface area contributed by atoms with Gasteiger partial charge in [0.2, 0.25) is 0 Å². The molecular formula is C18H25NS. The van der Waals surface area contributed by atoms with Crippen molar-refractivity contribution in [3.63, 3.8) is 0 Å². The molecule has 1 unspecified atom stereocenters. The van der Waals surface area contributed by atoms with E-state index in [1.54, 1.807) is 11.3 Å². The maximum atomic E-state index is 3.58. The highest BCUT2D eigenvalue weighted by Crippen LogP contribution is 2.17. The van der Waals surface area contributed by atoms with E-state index in [2.05, 4.69) is 60.3 Å². The number of hydrogen-bond donors (Lipinski definition) is 1. The molecule has 0 bridgehead atoms. The lowest BCUT2D eigenvalue weighted by Crippen LogP contribution is -2.26. The molecule has 0 aliphatic rings. The summed E-state index contributed by atoms with van der Waals surface area (Å²) in [6.45, 7) is 6.60. The fourth-order valence-corrected chi connectivity index (χ4v) is 3.18. The molecule has 1 atom stereocenters. The molecule has 20 heavy (non-hydrogen) atoms. The number of aryl methyl sites for hydroxylation is 1. The first-order valence-corrected chi connectivity index (χ1v) is 8.49. The SMILES string of the molecule is CCCNCC(Cc1ccc(C)cc1)Cc1ccsc1. The van der Waals surface area contributed by atoms with Crippen LogP contribution in [0.15, 0.2) is 41.1 Å². The Hall–Kier alpha value is -1.12. The van der Waals surface area contributed by atoms with Crippen LogP contribution in [-0.2, 0) is 12.8 Å². The van der Waals surface area contributed by atoms with Gasteiger partial charge >= 0.3 is 0 Å². The van der Waals surface area contributed by atoms with Crippen LogP contribution in [0.25, 0.3) is 0 Å². The molecule has 0 spiro atoms. The van der Waals surface area contributed by atoms with Crippen molar-refractivity contribution < 1.29 is 0 Å². The second-order valence-corrected chi connectivity index (χ2v) is 6.38. The van der Waals surface area contributed by atoms with Crippen molar-refractivity contribution >= 4 is 11.3 Å². The van der Waals surface area contributed by atoms with E-state index in [1.165, 1.54) is 29.5 Å². The smallest absolute Gasteiger partial charge is 0.00141 e. The molecule has 2 heteroatoms. The minimum atomic E-state index is 0.679. The standard InChI is InChI=1S/C18H25NS/c1-3-9-19-13-18(12-17-8-10-20-14-17)11-16-6-4-15(2)5-7-16/h4-8,10,14,18-19H,3,9,11-13H2,1-2H3. The summed E-state index contributed by atoms with van der Waals surface area (Å²) < 4.78 is 0. The van der Waals surface area contributed by atoms with Crippen LogP contribution in [0.1, 0.15) is 30.0 Å². The van der Waals surface area contributed by atoms with Crippen molar-refractivity contribution in [2.75, 3.05) is 13.1 Å². The molecule has 1 N–H and O–H groups in total. The number of nitrogens with one attached hydrogen (secondary N) is 1. The van der Waals surface area contributed by atoms with E-state index < -0.39 is 0 Å². The van der Waals surface area contributed by atoms with Crippen molar-refractivity contribution in [2.24, 2.45) is 5.92 Å². The molecule has 1 heterocycles. The highest BCUT2D eigenvalue weighted by Gasteiger charge is 2.11. The molecule has 0 saturated carbocycles. The molecule has 2 rings (SSSR count). The lowest BCUT2D eigenvalue weighted by atomic mass is 9.93. The summed E-state index contributed by atoms with van der Waals surface area (Å²) in [5.74, 6) is 0.679. The maximum Gasteiger partial charge on any atom is -0.00141 e. The molecule has 0 aliphatic heterocycles. The van der Waals surface area contributed by atoms with Gasteiger partial charge < -0.3 is 5.32 Å². The maximum absolute atomic E-state index is 3.58. The van der Waals surface area contributed by atoms with Crippen LogP contribution in [0, 0.1) is 12.8 Å². The lowest BCUT2D eigenvalue weighted by Gasteiger charge is -2.17. The molecule has 0 aliphatic carbocycles. The molecule has 0 saturated heterocycles. The van der Waals surface area contributed by atoms with E-state index in [0.717, 1.165) is 19.5 Å². The Balaban J connectivity index is 1.95. The van der Waals surface area contributed by atoms with E-state index in [9.17, 15) is 0 Å². The van der Waals surface area contributed by atoms with E-state index in [0.29, 0.717) is 5.92 Å². The molecule has 1 nitrogen and oxygen atoms in total. The molecule has 1 aromatic carbocycles. The summed E-state index contributed by atoms with van der Waals surface area (Å²) >= 11 is 1.80. The number of benzene rings is 1. The van der Waals surface area contributed by atoms with Crippen LogP contribution in [0.3, 0.4) is 0 Å².